The normalized spacial score (nSPS) is 16.6. The van der Waals surface area contributed by atoms with Gasteiger partial charge in [0.1, 0.15) is 5.75 Å². The number of halogens is 1. The van der Waals surface area contributed by atoms with Crippen molar-refractivity contribution in [1.82, 2.24) is 5.32 Å². The van der Waals surface area contributed by atoms with E-state index in [1.807, 2.05) is 17.9 Å². The molecule has 1 aliphatic heterocycles. The number of hydrogen-bond acceptors (Lipinski definition) is 4. The van der Waals surface area contributed by atoms with Gasteiger partial charge in [0.2, 0.25) is 0 Å². The molecule has 0 aromatic heterocycles. The Balaban J connectivity index is 2.36. The van der Waals surface area contributed by atoms with Crippen LogP contribution < -0.4 is 15.0 Å². The van der Waals surface area contributed by atoms with E-state index in [0.29, 0.717) is 23.9 Å². The minimum Gasteiger partial charge on any atom is -0.495 e. The van der Waals surface area contributed by atoms with Crippen molar-refractivity contribution in [1.29, 1.82) is 0 Å². The molecule has 1 fully saturated rings. The predicted octanol–water partition coefficient (Wildman–Crippen LogP) is 1.64. The fourth-order valence-corrected chi connectivity index (χ4v) is 2.21. The second-order valence-electron chi connectivity index (χ2n) is 4.41. The van der Waals surface area contributed by atoms with Crippen LogP contribution in [-0.4, -0.2) is 39.1 Å². The van der Waals surface area contributed by atoms with Gasteiger partial charge in [-0.25, -0.2) is 0 Å². The zero-order valence-electron chi connectivity index (χ0n) is 10.6. The molecule has 0 bridgehead atoms. The van der Waals surface area contributed by atoms with Crippen molar-refractivity contribution < 1.29 is 9.53 Å². The van der Waals surface area contributed by atoms with E-state index in [2.05, 4.69) is 5.32 Å². The Morgan fingerprint density at radius 2 is 2.22 bits per heavy atom. The highest BCUT2D eigenvalue weighted by atomic mass is 35.5. The summed E-state index contributed by atoms with van der Waals surface area (Å²) in [5.74, 6) is 0.891. The number of ether oxygens (including phenoxy) is 1. The SMILES string of the molecule is COc1cc(Cl)c(C)cc1N1CCNCC(=O)C1. The van der Waals surface area contributed by atoms with Crippen molar-refractivity contribution in [3.8, 4) is 5.75 Å². The lowest BCUT2D eigenvalue weighted by atomic mass is 10.1. The van der Waals surface area contributed by atoms with E-state index in [1.54, 1.807) is 13.2 Å². The number of nitrogens with zero attached hydrogens (tertiary/aromatic N) is 1. The fraction of sp³-hybridized carbons (Fsp3) is 0.462. The molecule has 4 nitrogen and oxygen atoms in total. The Morgan fingerprint density at radius 1 is 1.44 bits per heavy atom. The summed E-state index contributed by atoms with van der Waals surface area (Å²) in [4.78, 5) is 13.7. The Hall–Kier alpha value is -1.26. The molecule has 1 saturated heterocycles. The lowest BCUT2D eigenvalue weighted by Gasteiger charge is -2.24. The second kappa shape index (κ2) is 5.59. The lowest BCUT2D eigenvalue weighted by molar-refractivity contribution is -0.116. The van der Waals surface area contributed by atoms with Crippen LogP contribution in [0.15, 0.2) is 12.1 Å². The molecule has 0 unspecified atom stereocenters. The number of carbonyl (C=O) groups is 1. The summed E-state index contributed by atoms with van der Waals surface area (Å²) >= 11 is 6.09. The number of hydrogen-bond donors (Lipinski definition) is 1. The largest absolute Gasteiger partial charge is 0.495 e. The molecule has 0 saturated carbocycles. The predicted molar refractivity (Wildman–Crippen MR) is 72.8 cm³/mol. The highest BCUT2D eigenvalue weighted by Crippen LogP contribution is 2.33. The molecule has 18 heavy (non-hydrogen) atoms. The Labute approximate surface area is 112 Å². The zero-order chi connectivity index (χ0) is 13.1. The van der Waals surface area contributed by atoms with E-state index in [9.17, 15) is 4.79 Å². The van der Waals surface area contributed by atoms with Crippen molar-refractivity contribution in [3.63, 3.8) is 0 Å². The van der Waals surface area contributed by atoms with Gasteiger partial charge in [-0.3, -0.25) is 4.79 Å². The van der Waals surface area contributed by atoms with E-state index >= 15 is 0 Å². The van der Waals surface area contributed by atoms with E-state index < -0.39 is 0 Å². The van der Waals surface area contributed by atoms with Gasteiger partial charge >= 0.3 is 0 Å². The summed E-state index contributed by atoms with van der Waals surface area (Å²) in [7, 11) is 1.61. The molecular weight excluding hydrogens is 252 g/mol. The van der Waals surface area contributed by atoms with Crippen LogP contribution in [0.4, 0.5) is 5.69 Å². The van der Waals surface area contributed by atoms with E-state index in [1.165, 1.54) is 0 Å². The second-order valence-corrected chi connectivity index (χ2v) is 4.82. The number of benzene rings is 1. The molecule has 0 aliphatic carbocycles. The van der Waals surface area contributed by atoms with Gasteiger partial charge in [-0.2, -0.15) is 0 Å². The number of Topliss-reactive ketones (excluding diaryl/α,β-unsaturated/α-hetero) is 1. The zero-order valence-corrected chi connectivity index (χ0v) is 11.4. The van der Waals surface area contributed by atoms with Crippen LogP contribution in [0.25, 0.3) is 0 Å². The Morgan fingerprint density at radius 3 is 2.94 bits per heavy atom. The topological polar surface area (TPSA) is 41.6 Å². The minimum absolute atomic E-state index is 0.183. The molecule has 1 aromatic rings. The van der Waals surface area contributed by atoms with Gasteiger partial charge in [0.15, 0.2) is 5.78 Å². The molecule has 0 atom stereocenters. The molecule has 0 spiro atoms. The summed E-state index contributed by atoms with van der Waals surface area (Å²) < 4.78 is 5.35. The van der Waals surface area contributed by atoms with Crippen molar-refractivity contribution in [2.24, 2.45) is 0 Å². The van der Waals surface area contributed by atoms with Crippen LogP contribution in [0, 0.1) is 6.92 Å². The van der Waals surface area contributed by atoms with Crippen LogP contribution >= 0.6 is 11.6 Å². The van der Waals surface area contributed by atoms with Crippen LogP contribution in [-0.2, 0) is 4.79 Å². The molecule has 1 aliphatic rings. The molecular formula is C13H17ClN2O2. The highest BCUT2D eigenvalue weighted by molar-refractivity contribution is 6.31. The number of ketones is 1. The number of carbonyl (C=O) groups excluding carboxylic acids is 1. The van der Waals surface area contributed by atoms with Crippen molar-refractivity contribution in [2.75, 3.05) is 38.2 Å². The molecule has 1 heterocycles. The van der Waals surface area contributed by atoms with Gasteiger partial charge in [-0.05, 0) is 18.6 Å². The molecule has 5 heteroatoms. The first-order valence-electron chi connectivity index (χ1n) is 5.93. The molecule has 1 aromatic carbocycles. The maximum absolute atomic E-state index is 11.6. The average Bonchev–Trinajstić information content (AvgIpc) is 2.56. The fourth-order valence-electron chi connectivity index (χ4n) is 2.05. The number of methoxy groups -OCH3 is 1. The Kier molecular flexibility index (Phi) is 4.09. The number of nitrogens with one attached hydrogen (secondary N) is 1. The summed E-state index contributed by atoms with van der Waals surface area (Å²) in [6.07, 6.45) is 0. The van der Waals surface area contributed by atoms with Gasteiger partial charge in [-0.15, -0.1) is 0 Å². The summed E-state index contributed by atoms with van der Waals surface area (Å²) in [5, 5.41) is 3.78. The maximum Gasteiger partial charge on any atom is 0.165 e. The van der Waals surface area contributed by atoms with Crippen molar-refractivity contribution >= 4 is 23.1 Å². The van der Waals surface area contributed by atoms with E-state index in [-0.39, 0.29) is 5.78 Å². The van der Waals surface area contributed by atoms with Gasteiger partial charge < -0.3 is 15.0 Å². The Bertz CT molecular complexity index is 463. The van der Waals surface area contributed by atoms with Gasteiger partial charge in [-0.1, -0.05) is 11.6 Å². The van der Waals surface area contributed by atoms with Gasteiger partial charge in [0.25, 0.3) is 0 Å². The smallest absolute Gasteiger partial charge is 0.165 e. The number of rotatable bonds is 2. The highest BCUT2D eigenvalue weighted by Gasteiger charge is 2.19. The number of aryl methyl sites for hydroxylation is 1. The van der Waals surface area contributed by atoms with E-state index in [4.69, 9.17) is 16.3 Å². The number of anilines is 1. The van der Waals surface area contributed by atoms with E-state index in [0.717, 1.165) is 24.3 Å². The first kappa shape index (κ1) is 13.2. The van der Waals surface area contributed by atoms with Crippen LogP contribution in [0.1, 0.15) is 5.56 Å². The van der Waals surface area contributed by atoms with Crippen molar-refractivity contribution in [2.45, 2.75) is 6.92 Å². The lowest BCUT2D eigenvalue weighted by Crippen LogP contribution is -2.30. The van der Waals surface area contributed by atoms with Gasteiger partial charge in [0.05, 0.1) is 25.9 Å². The molecule has 1 N–H and O–H groups in total. The monoisotopic (exact) mass is 268 g/mol. The molecule has 98 valence electrons. The molecule has 0 amide bonds. The van der Waals surface area contributed by atoms with Crippen LogP contribution in [0.3, 0.4) is 0 Å². The molecule has 0 radical (unpaired) electrons. The summed E-state index contributed by atoms with van der Waals surface area (Å²) in [6, 6.07) is 3.77. The van der Waals surface area contributed by atoms with Crippen LogP contribution in [0.5, 0.6) is 5.75 Å². The standard InChI is InChI=1S/C13H17ClN2O2/c1-9-5-12(13(18-2)6-11(9)14)16-4-3-15-7-10(17)8-16/h5-6,15H,3-4,7-8H2,1-2H3. The summed E-state index contributed by atoms with van der Waals surface area (Å²) in [5.41, 5.74) is 1.91. The average molecular weight is 269 g/mol. The third-order valence-corrected chi connectivity index (χ3v) is 3.46. The minimum atomic E-state index is 0.183. The quantitative estimate of drug-likeness (QED) is 0.885. The van der Waals surface area contributed by atoms with Gasteiger partial charge in [0, 0.05) is 24.2 Å². The first-order valence-corrected chi connectivity index (χ1v) is 6.31. The summed E-state index contributed by atoms with van der Waals surface area (Å²) in [6.45, 7) is 4.36. The maximum atomic E-state index is 11.6. The third-order valence-electron chi connectivity index (χ3n) is 3.05. The molecule has 2 rings (SSSR count). The first-order chi connectivity index (χ1) is 8.61. The third kappa shape index (κ3) is 2.76. The van der Waals surface area contributed by atoms with Crippen LogP contribution in [0.2, 0.25) is 5.02 Å². The van der Waals surface area contributed by atoms with Crippen molar-refractivity contribution in [3.05, 3.63) is 22.7 Å².